The maximum atomic E-state index is 12.1. The SMILES string of the molecule is CCc1ccc(NC(=O)[C@H](C)OC(=O)CCSc2ccc(Cl)cc2)cc1. The summed E-state index contributed by atoms with van der Waals surface area (Å²) in [7, 11) is 0. The van der Waals surface area contributed by atoms with E-state index in [1.54, 1.807) is 6.92 Å². The third-order valence-corrected chi connectivity index (χ3v) is 4.96. The molecule has 0 saturated heterocycles. The summed E-state index contributed by atoms with van der Waals surface area (Å²) in [6.07, 6.45) is 0.334. The van der Waals surface area contributed by atoms with E-state index in [0.29, 0.717) is 16.5 Å². The second-order valence-electron chi connectivity index (χ2n) is 5.72. The van der Waals surface area contributed by atoms with Gasteiger partial charge >= 0.3 is 5.97 Å². The minimum Gasteiger partial charge on any atom is -0.453 e. The van der Waals surface area contributed by atoms with Crippen LogP contribution in [0.4, 0.5) is 5.69 Å². The molecule has 0 spiro atoms. The molecule has 2 aromatic rings. The number of benzene rings is 2. The van der Waals surface area contributed by atoms with Crippen LogP contribution in [0.5, 0.6) is 0 Å². The molecule has 1 atom stereocenters. The zero-order valence-corrected chi connectivity index (χ0v) is 16.4. The lowest BCUT2D eigenvalue weighted by Gasteiger charge is -2.13. The highest BCUT2D eigenvalue weighted by atomic mass is 35.5. The Labute approximate surface area is 163 Å². The Kier molecular flexibility index (Phi) is 8.01. The average molecular weight is 392 g/mol. The number of aryl methyl sites for hydroxylation is 1. The monoisotopic (exact) mass is 391 g/mol. The number of ether oxygens (including phenoxy) is 1. The molecule has 138 valence electrons. The fourth-order valence-electron chi connectivity index (χ4n) is 2.16. The Bertz CT molecular complexity index is 732. The number of thioether (sulfide) groups is 1. The molecule has 1 N–H and O–H groups in total. The summed E-state index contributed by atoms with van der Waals surface area (Å²) in [5.74, 6) is -0.156. The molecule has 6 heteroatoms. The molecule has 0 aliphatic carbocycles. The summed E-state index contributed by atoms with van der Waals surface area (Å²) < 4.78 is 5.20. The number of anilines is 1. The van der Waals surface area contributed by atoms with Crippen LogP contribution >= 0.6 is 23.4 Å². The van der Waals surface area contributed by atoms with Gasteiger partial charge in [0.1, 0.15) is 0 Å². The van der Waals surface area contributed by atoms with Crippen LogP contribution in [-0.2, 0) is 20.7 Å². The van der Waals surface area contributed by atoms with Gasteiger partial charge in [0.2, 0.25) is 0 Å². The van der Waals surface area contributed by atoms with Crippen molar-refractivity contribution in [2.75, 3.05) is 11.1 Å². The van der Waals surface area contributed by atoms with Gasteiger partial charge in [0.25, 0.3) is 5.91 Å². The summed E-state index contributed by atoms with van der Waals surface area (Å²) in [5, 5.41) is 3.43. The molecule has 0 unspecified atom stereocenters. The van der Waals surface area contributed by atoms with Crippen LogP contribution in [0.1, 0.15) is 25.8 Å². The first-order valence-electron chi connectivity index (χ1n) is 8.45. The van der Waals surface area contributed by atoms with Crippen molar-refractivity contribution < 1.29 is 14.3 Å². The summed E-state index contributed by atoms with van der Waals surface area (Å²) in [4.78, 5) is 25.1. The van der Waals surface area contributed by atoms with Gasteiger partial charge in [0.05, 0.1) is 6.42 Å². The topological polar surface area (TPSA) is 55.4 Å². The maximum absolute atomic E-state index is 12.1. The first-order chi connectivity index (χ1) is 12.5. The highest BCUT2D eigenvalue weighted by Gasteiger charge is 2.17. The van der Waals surface area contributed by atoms with Crippen molar-refractivity contribution in [3.63, 3.8) is 0 Å². The zero-order valence-electron chi connectivity index (χ0n) is 14.8. The normalized spacial score (nSPS) is 11.7. The molecule has 4 nitrogen and oxygen atoms in total. The van der Waals surface area contributed by atoms with Crippen molar-refractivity contribution in [2.24, 2.45) is 0 Å². The molecule has 0 radical (unpaired) electrons. The molecule has 1 amide bonds. The van der Waals surface area contributed by atoms with Crippen molar-refractivity contribution in [1.29, 1.82) is 0 Å². The second-order valence-corrected chi connectivity index (χ2v) is 7.33. The molecule has 0 heterocycles. The lowest BCUT2D eigenvalue weighted by Crippen LogP contribution is -2.30. The molecule has 0 aliphatic heterocycles. The van der Waals surface area contributed by atoms with Crippen LogP contribution in [0, 0.1) is 0 Å². The Morgan fingerprint density at radius 1 is 1.12 bits per heavy atom. The van der Waals surface area contributed by atoms with E-state index in [1.165, 1.54) is 17.3 Å². The standard InChI is InChI=1S/C20H22ClNO3S/c1-3-15-4-8-17(9-5-15)22-20(24)14(2)25-19(23)12-13-26-18-10-6-16(21)7-11-18/h4-11,14H,3,12-13H2,1-2H3,(H,22,24)/t14-/m0/s1. The first kappa shape index (κ1) is 20.3. The highest BCUT2D eigenvalue weighted by molar-refractivity contribution is 7.99. The van der Waals surface area contributed by atoms with E-state index in [9.17, 15) is 9.59 Å². The summed E-state index contributed by atoms with van der Waals surface area (Å²) in [6.45, 7) is 3.64. The predicted molar refractivity (Wildman–Crippen MR) is 107 cm³/mol. The fourth-order valence-corrected chi connectivity index (χ4v) is 3.12. The van der Waals surface area contributed by atoms with E-state index in [1.807, 2.05) is 48.5 Å². The van der Waals surface area contributed by atoms with Crippen LogP contribution < -0.4 is 5.32 Å². The number of hydrogen-bond acceptors (Lipinski definition) is 4. The van der Waals surface area contributed by atoms with Crippen LogP contribution in [0.15, 0.2) is 53.4 Å². The smallest absolute Gasteiger partial charge is 0.307 e. The summed E-state index contributed by atoms with van der Waals surface area (Å²) in [6, 6.07) is 15.0. The predicted octanol–water partition coefficient (Wildman–Crippen LogP) is 4.96. The number of hydrogen-bond donors (Lipinski definition) is 1. The van der Waals surface area contributed by atoms with Gasteiger partial charge in [0, 0.05) is 21.4 Å². The van der Waals surface area contributed by atoms with Crippen molar-refractivity contribution in [1.82, 2.24) is 0 Å². The molecule has 0 saturated carbocycles. The van der Waals surface area contributed by atoms with Gasteiger partial charge < -0.3 is 10.1 Å². The Morgan fingerprint density at radius 3 is 2.38 bits per heavy atom. The molecule has 0 aliphatic rings. The van der Waals surface area contributed by atoms with E-state index in [4.69, 9.17) is 16.3 Å². The van der Waals surface area contributed by atoms with Gasteiger partial charge in [-0.2, -0.15) is 0 Å². The average Bonchev–Trinajstić information content (AvgIpc) is 2.64. The molecular weight excluding hydrogens is 370 g/mol. The number of amides is 1. The number of carbonyl (C=O) groups is 2. The molecule has 0 bridgehead atoms. The lowest BCUT2D eigenvalue weighted by atomic mass is 10.1. The van der Waals surface area contributed by atoms with Crippen LogP contribution in [0.25, 0.3) is 0 Å². The van der Waals surface area contributed by atoms with E-state index in [-0.39, 0.29) is 12.3 Å². The second kappa shape index (κ2) is 10.2. The third-order valence-electron chi connectivity index (χ3n) is 3.70. The molecular formula is C20H22ClNO3S. The lowest BCUT2D eigenvalue weighted by molar-refractivity contribution is -0.152. The third kappa shape index (κ3) is 6.73. The largest absolute Gasteiger partial charge is 0.453 e. The highest BCUT2D eigenvalue weighted by Crippen LogP contribution is 2.21. The zero-order chi connectivity index (χ0) is 18.9. The first-order valence-corrected chi connectivity index (χ1v) is 9.82. The number of nitrogens with one attached hydrogen (secondary N) is 1. The molecule has 0 fully saturated rings. The van der Waals surface area contributed by atoms with E-state index in [0.717, 1.165) is 11.3 Å². The molecule has 0 aromatic heterocycles. The number of esters is 1. The van der Waals surface area contributed by atoms with Crippen LogP contribution in [0.3, 0.4) is 0 Å². The maximum Gasteiger partial charge on any atom is 0.307 e. The van der Waals surface area contributed by atoms with Gasteiger partial charge in [-0.15, -0.1) is 11.8 Å². The Morgan fingerprint density at radius 2 is 1.77 bits per heavy atom. The van der Waals surface area contributed by atoms with E-state index >= 15 is 0 Å². The van der Waals surface area contributed by atoms with Crippen LogP contribution in [0.2, 0.25) is 5.02 Å². The van der Waals surface area contributed by atoms with Crippen molar-refractivity contribution in [3.8, 4) is 0 Å². The van der Waals surface area contributed by atoms with Crippen LogP contribution in [-0.4, -0.2) is 23.7 Å². The fraction of sp³-hybridized carbons (Fsp3) is 0.300. The minimum atomic E-state index is -0.839. The van der Waals surface area contributed by atoms with Gasteiger partial charge in [0.15, 0.2) is 6.10 Å². The molecule has 26 heavy (non-hydrogen) atoms. The van der Waals surface area contributed by atoms with Gasteiger partial charge in [-0.3, -0.25) is 9.59 Å². The Balaban J connectivity index is 1.72. The summed E-state index contributed by atoms with van der Waals surface area (Å²) in [5.41, 5.74) is 1.88. The van der Waals surface area contributed by atoms with Gasteiger partial charge in [-0.1, -0.05) is 30.7 Å². The van der Waals surface area contributed by atoms with Gasteiger partial charge in [-0.05, 0) is 55.3 Å². The summed E-state index contributed by atoms with van der Waals surface area (Å²) >= 11 is 7.37. The number of rotatable bonds is 8. The Hall–Kier alpha value is -1.98. The van der Waals surface area contributed by atoms with Gasteiger partial charge in [-0.25, -0.2) is 0 Å². The number of carbonyl (C=O) groups excluding carboxylic acids is 2. The van der Waals surface area contributed by atoms with Crippen molar-refractivity contribution >= 4 is 40.9 Å². The van der Waals surface area contributed by atoms with Crippen molar-refractivity contribution in [3.05, 3.63) is 59.1 Å². The molecule has 2 rings (SSSR count). The van der Waals surface area contributed by atoms with E-state index < -0.39 is 12.1 Å². The molecule has 2 aromatic carbocycles. The number of halogens is 1. The van der Waals surface area contributed by atoms with E-state index in [2.05, 4.69) is 12.2 Å². The quantitative estimate of drug-likeness (QED) is 0.510. The van der Waals surface area contributed by atoms with Crippen molar-refractivity contribution in [2.45, 2.75) is 37.7 Å². The minimum absolute atomic E-state index is 0.232.